The van der Waals surface area contributed by atoms with Gasteiger partial charge in [0.2, 0.25) is 5.89 Å². The van der Waals surface area contributed by atoms with Crippen LogP contribution in [0.25, 0.3) is 0 Å². The third-order valence-electron chi connectivity index (χ3n) is 4.22. The number of carbonyl (C=O) groups is 1. The molecule has 1 aromatic carbocycles. The Morgan fingerprint density at radius 3 is 3.00 bits per heavy atom. The van der Waals surface area contributed by atoms with Crippen LogP contribution in [0.5, 0.6) is 0 Å². The van der Waals surface area contributed by atoms with Crippen molar-refractivity contribution in [2.45, 2.75) is 32.2 Å². The zero-order valence-electron chi connectivity index (χ0n) is 13.7. The van der Waals surface area contributed by atoms with E-state index in [9.17, 15) is 4.79 Å². The summed E-state index contributed by atoms with van der Waals surface area (Å²) < 4.78 is 7.08. The van der Waals surface area contributed by atoms with Crippen LogP contribution in [0.2, 0.25) is 5.02 Å². The van der Waals surface area contributed by atoms with Crippen LogP contribution in [0, 0.1) is 6.92 Å². The van der Waals surface area contributed by atoms with Crippen molar-refractivity contribution in [3.05, 3.63) is 64.5 Å². The third kappa shape index (κ3) is 3.44. The Labute approximate surface area is 149 Å². The van der Waals surface area contributed by atoms with Gasteiger partial charge >= 0.3 is 0 Å². The van der Waals surface area contributed by atoms with Crippen LogP contribution in [-0.2, 0) is 6.54 Å². The van der Waals surface area contributed by atoms with Crippen LogP contribution < -0.4 is 5.32 Å². The van der Waals surface area contributed by atoms with Gasteiger partial charge in [0.15, 0.2) is 5.82 Å². The lowest BCUT2D eigenvalue weighted by atomic mass is 10.2. The number of nitrogens with zero attached hydrogens (tertiary/aromatic N) is 3. The molecule has 2 aromatic heterocycles. The molecule has 1 aliphatic carbocycles. The van der Waals surface area contributed by atoms with Crippen molar-refractivity contribution in [1.82, 2.24) is 14.7 Å². The number of anilines is 1. The maximum atomic E-state index is 12.6. The van der Waals surface area contributed by atoms with Gasteiger partial charge in [-0.25, -0.2) is 0 Å². The molecule has 0 saturated heterocycles. The molecule has 0 aliphatic heterocycles. The molecular formula is C18H17ClN4O2. The molecule has 2 heterocycles. The summed E-state index contributed by atoms with van der Waals surface area (Å²) >= 11 is 5.96. The Bertz CT molecular complexity index is 927. The fourth-order valence-electron chi connectivity index (χ4n) is 2.69. The topological polar surface area (TPSA) is 73.0 Å². The normalized spacial score (nSPS) is 13.8. The second-order valence-corrected chi connectivity index (χ2v) is 6.69. The van der Waals surface area contributed by atoms with Gasteiger partial charge in [0.1, 0.15) is 5.69 Å². The van der Waals surface area contributed by atoms with Crippen molar-refractivity contribution < 1.29 is 9.32 Å². The first kappa shape index (κ1) is 15.9. The van der Waals surface area contributed by atoms with E-state index in [1.807, 2.05) is 29.8 Å². The van der Waals surface area contributed by atoms with Crippen molar-refractivity contribution in [3.8, 4) is 0 Å². The van der Waals surface area contributed by atoms with Gasteiger partial charge in [0, 0.05) is 22.8 Å². The van der Waals surface area contributed by atoms with E-state index in [0.717, 1.165) is 24.1 Å². The Hall–Kier alpha value is -2.60. The van der Waals surface area contributed by atoms with E-state index >= 15 is 0 Å². The summed E-state index contributed by atoms with van der Waals surface area (Å²) in [5, 5.41) is 7.57. The van der Waals surface area contributed by atoms with Crippen LogP contribution in [0.3, 0.4) is 0 Å². The van der Waals surface area contributed by atoms with Gasteiger partial charge in [-0.15, -0.1) is 0 Å². The quantitative estimate of drug-likeness (QED) is 0.749. The molecule has 0 unspecified atom stereocenters. The summed E-state index contributed by atoms with van der Waals surface area (Å²) in [5.74, 6) is 1.50. The van der Waals surface area contributed by atoms with Crippen molar-refractivity contribution in [2.75, 3.05) is 5.32 Å². The number of benzene rings is 1. The van der Waals surface area contributed by atoms with Gasteiger partial charge in [-0.3, -0.25) is 4.79 Å². The van der Waals surface area contributed by atoms with Crippen molar-refractivity contribution >= 4 is 23.2 Å². The second kappa shape index (κ2) is 6.37. The monoisotopic (exact) mass is 356 g/mol. The van der Waals surface area contributed by atoms with Crippen LogP contribution in [-0.4, -0.2) is 20.6 Å². The highest BCUT2D eigenvalue weighted by Crippen LogP contribution is 2.38. The Morgan fingerprint density at radius 2 is 2.24 bits per heavy atom. The minimum absolute atomic E-state index is 0.193. The van der Waals surface area contributed by atoms with Gasteiger partial charge < -0.3 is 14.4 Å². The van der Waals surface area contributed by atoms with Crippen molar-refractivity contribution in [2.24, 2.45) is 0 Å². The molecule has 1 fully saturated rings. The molecule has 3 aromatic rings. The minimum Gasteiger partial charge on any atom is -0.339 e. The maximum absolute atomic E-state index is 12.6. The number of hydrogen-bond acceptors (Lipinski definition) is 4. The number of hydrogen-bond donors (Lipinski definition) is 1. The maximum Gasteiger partial charge on any atom is 0.272 e. The average Bonchev–Trinajstić information content (AvgIpc) is 3.15. The van der Waals surface area contributed by atoms with E-state index in [1.165, 1.54) is 0 Å². The zero-order valence-corrected chi connectivity index (χ0v) is 14.5. The lowest BCUT2D eigenvalue weighted by Crippen LogP contribution is -2.18. The van der Waals surface area contributed by atoms with Gasteiger partial charge in [-0.05, 0) is 55.7 Å². The fraction of sp³-hybridized carbons (Fsp3) is 0.278. The molecule has 1 amide bonds. The van der Waals surface area contributed by atoms with E-state index in [0.29, 0.717) is 34.9 Å². The standard InChI is InChI=1S/C18H17ClN4O2/c1-11-9-13(19)6-7-14(11)20-17(24)15-3-2-8-23(15)10-16-21-18(25-22-16)12-4-5-12/h2-3,6-9,12H,4-5,10H2,1H3,(H,20,24). The van der Waals surface area contributed by atoms with Crippen LogP contribution in [0.1, 0.15) is 46.5 Å². The number of rotatable bonds is 5. The van der Waals surface area contributed by atoms with E-state index in [2.05, 4.69) is 15.5 Å². The molecule has 1 N–H and O–H groups in total. The second-order valence-electron chi connectivity index (χ2n) is 6.26. The summed E-state index contributed by atoms with van der Waals surface area (Å²) in [5.41, 5.74) is 2.18. The molecule has 0 atom stereocenters. The van der Waals surface area contributed by atoms with Crippen LogP contribution in [0.15, 0.2) is 41.1 Å². The Kier molecular flexibility index (Phi) is 4.05. The lowest BCUT2D eigenvalue weighted by Gasteiger charge is -2.10. The molecule has 0 spiro atoms. The van der Waals surface area contributed by atoms with E-state index in [1.54, 1.807) is 18.2 Å². The molecule has 7 heteroatoms. The SMILES string of the molecule is Cc1cc(Cl)ccc1NC(=O)c1cccn1Cc1noc(C2CC2)n1. The molecule has 1 saturated carbocycles. The van der Waals surface area contributed by atoms with E-state index in [4.69, 9.17) is 16.1 Å². The van der Waals surface area contributed by atoms with Crippen molar-refractivity contribution in [3.63, 3.8) is 0 Å². The molecule has 0 radical (unpaired) electrons. The minimum atomic E-state index is -0.193. The summed E-state index contributed by atoms with van der Waals surface area (Å²) in [4.78, 5) is 17.0. The first-order valence-electron chi connectivity index (χ1n) is 8.15. The summed E-state index contributed by atoms with van der Waals surface area (Å²) in [6, 6.07) is 8.95. The molecular weight excluding hydrogens is 340 g/mol. The predicted molar refractivity (Wildman–Crippen MR) is 93.9 cm³/mol. The number of aromatic nitrogens is 3. The third-order valence-corrected chi connectivity index (χ3v) is 4.46. The number of nitrogens with one attached hydrogen (secondary N) is 1. The predicted octanol–water partition coefficient (Wildman–Crippen LogP) is 4.01. The first-order valence-corrected chi connectivity index (χ1v) is 8.53. The van der Waals surface area contributed by atoms with Crippen LogP contribution >= 0.6 is 11.6 Å². The van der Waals surface area contributed by atoms with Crippen molar-refractivity contribution in [1.29, 1.82) is 0 Å². The molecule has 25 heavy (non-hydrogen) atoms. The number of amides is 1. The Balaban J connectivity index is 1.50. The number of carbonyl (C=O) groups excluding carboxylic acids is 1. The molecule has 0 bridgehead atoms. The lowest BCUT2D eigenvalue weighted by molar-refractivity contribution is 0.101. The highest BCUT2D eigenvalue weighted by molar-refractivity contribution is 6.30. The van der Waals surface area contributed by atoms with Gasteiger partial charge in [0.05, 0.1) is 6.54 Å². The van der Waals surface area contributed by atoms with Gasteiger partial charge in [0.25, 0.3) is 5.91 Å². The largest absolute Gasteiger partial charge is 0.339 e. The smallest absolute Gasteiger partial charge is 0.272 e. The zero-order chi connectivity index (χ0) is 17.4. The highest BCUT2D eigenvalue weighted by atomic mass is 35.5. The highest BCUT2D eigenvalue weighted by Gasteiger charge is 2.29. The number of halogens is 1. The molecule has 4 rings (SSSR count). The Morgan fingerprint density at radius 1 is 1.40 bits per heavy atom. The fourth-order valence-corrected chi connectivity index (χ4v) is 2.92. The number of aryl methyl sites for hydroxylation is 1. The van der Waals surface area contributed by atoms with Crippen LogP contribution in [0.4, 0.5) is 5.69 Å². The average molecular weight is 357 g/mol. The van der Waals surface area contributed by atoms with E-state index in [-0.39, 0.29) is 5.91 Å². The van der Waals surface area contributed by atoms with Gasteiger partial charge in [-0.1, -0.05) is 16.8 Å². The summed E-state index contributed by atoms with van der Waals surface area (Å²) in [6.45, 7) is 2.30. The first-order chi connectivity index (χ1) is 12.1. The summed E-state index contributed by atoms with van der Waals surface area (Å²) in [7, 11) is 0. The molecule has 1 aliphatic rings. The molecule has 128 valence electrons. The molecule has 6 nitrogen and oxygen atoms in total. The van der Waals surface area contributed by atoms with E-state index < -0.39 is 0 Å². The summed E-state index contributed by atoms with van der Waals surface area (Å²) in [6.07, 6.45) is 4.05. The van der Waals surface area contributed by atoms with Gasteiger partial charge in [-0.2, -0.15) is 4.98 Å².